The van der Waals surface area contributed by atoms with E-state index in [2.05, 4.69) is 5.32 Å². The molecule has 0 unspecified atom stereocenters. The monoisotopic (exact) mass is 441 g/mol. The first-order valence-electron chi connectivity index (χ1n) is 9.06. The van der Waals surface area contributed by atoms with Gasteiger partial charge in [0.2, 0.25) is 9.84 Å². The first-order valence-corrected chi connectivity index (χ1v) is 10.5. The molecular formula is C22H19NO7S. The molecule has 0 aliphatic carbocycles. The number of phenols is 1. The van der Waals surface area contributed by atoms with Crippen LogP contribution < -0.4 is 10.1 Å². The van der Waals surface area contributed by atoms with Gasteiger partial charge in [-0.25, -0.2) is 13.2 Å². The Morgan fingerprint density at radius 2 is 1.55 bits per heavy atom. The number of hydrogen-bond donors (Lipinski definition) is 3. The summed E-state index contributed by atoms with van der Waals surface area (Å²) in [5.41, 5.74) is 1.34. The minimum atomic E-state index is -3.98. The summed E-state index contributed by atoms with van der Waals surface area (Å²) in [6.45, 7) is 3.34. The van der Waals surface area contributed by atoms with E-state index >= 15 is 0 Å². The molecule has 0 heterocycles. The lowest BCUT2D eigenvalue weighted by molar-refractivity contribution is -0.147. The van der Waals surface area contributed by atoms with Gasteiger partial charge >= 0.3 is 11.9 Å². The topological polar surface area (TPSA) is 130 Å². The molecule has 3 N–H and O–H groups in total. The van der Waals surface area contributed by atoms with Crippen molar-refractivity contribution in [3.63, 3.8) is 0 Å². The number of hydrogen-bond acceptors (Lipinski definition) is 6. The Bertz CT molecular complexity index is 1250. The maximum absolute atomic E-state index is 13.1. The summed E-state index contributed by atoms with van der Waals surface area (Å²) in [5, 5.41) is 20.9. The molecule has 0 fully saturated rings. The number of aliphatic carboxylic acids is 1. The second-order valence-electron chi connectivity index (χ2n) is 6.75. The van der Waals surface area contributed by atoms with Gasteiger partial charge in [0.15, 0.2) is 0 Å². The highest BCUT2D eigenvalue weighted by molar-refractivity contribution is 7.91. The van der Waals surface area contributed by atoms with Crippen molar-refractivity contribution in [3.05, 3.63) is 71.8 Å². The van der Waals surface area contributed by atoms with Crippen LogP contribution >= 0.6 is 0 Å². The summed E-state index contributed by atoms with van der Waals surface area (Å²) in [4.78, 5) is 22.0. The Morgan fingerprint density at radius 3 is 2.13 bits per heavy atom. The number of rotatable bonds is 5. The first kappa shape index (κ1) is 21.8. The smallest absolute Gasteiger partial charge is 0.394 e. The van der Waals surface area contributed by atoms with Crippen LogP contribution in [0.5, 0.6) is 17.2 Å². The summed E-state index contributed by atoms with van der Waals surface area (Å²) in [6.07, 6.45) is 0. The molecule has 160 valence electrons. The van der Waals surface area contributed by atoms with Crippen LogP contribution in [-0.4, -0.2) is 30.5 Å². The van der Waals surface area contributed by atoms with Crippen LogP contribution in [-0.2, 0) is 19.4 Å². The second kappa shape index (κ2) is 8.49. The van der Waals surface area contributed by atoms with Crippen molar-refractivity contribution >= 4 is 27.4 Å². The maximum Gasteiger partial charge on any atom is 0.394 e. The SMILES string of the molecule is Cc1cc(NC(=O)C(=O)O)cc(C)c1Oc1ccc(O)cc1S(=O)(=O)c1ccccc1. The molecule has 0 radical (unpaired) electrons. The van der Waals surface area contributed by atoms with Gasteiger partial charge in [-0.3, -0.25) is 4.79 Å². The van der Waals surface area contributed by atoms with E-state index < -0.39 is 21.7 Å². The van der Waals surface area contributed by atoms with Crippen LogP contribution in [0.4, 0.5) is 5.69 Å². The number of aromatic hydroxyl groups is 1. The Hall–Kier alpha value is -3.85. The zero-order chi connectivity index (χ0) is 22.8. The third-order valence-corrected chi connectivity index (χ3v) is 6.19. The van der Waals surface area contributed by atoms with Crippen molar-refractivity contribution in [3.8, 4) is 17.2 Å². The molecule has 0 saturated heterocycles. The third-order valence-electron chi connectivity index (χ3n) is 4.39. The number of carboxylic acid groups (broad SMARTS) is 1. The fraction of sp³-hybridized carbons (Fsp3) is 0.0909. The summed E-state index contributed by atoms with van der Waals surface area (Å²) in [6, 6.07) is 14.6. The molecule has 0 aliphatic heterocycles. The molecule has 0 aliphatic rings. The average Bonchev–Trinajstić information content (AvgIpc) is 2.72. The molecule has 0 saturated carbocycles. The molecule has 1 amide bonds. The maximum atomic E-state index is 13.1. The average molecular weight is 441 g/mol. The van der Waals surface area contributed by atoms with Crippen molar-refractivity contribution in [2.24, 2.45) is 0 Å². The Kier molecular flexibility index (Phi) is 5.98. The first-order chi connectivity index (χ1) is 14.6. The summed E-state index contributed by atoms with van der Waals surface area (Å²) < 4.78 is 32.1. The van der Waals surface area contributed by atoms with Crippen molar-refractivity contribution in [2.45, 2.75) is 23.6 Å². The molecule has 0 aromatic heterocycles. The van der Waals surface area contributed by atoms with E-state index in [9.17, 15) is 23.1 Å². The van der Waals surface area contributed by atoms with Crippen LogP contribution in [0.1, 0.15) is 11.1 Å². The lowest BCUT2D eigenvalue weighted by Gasteiger charge is -2.17. The summed E-state index contributed by atoms with van der Waals surface area (Å²) in [5.74, 6) is -2.68. The van der Waals surface area contributed by atoms with Gasteiger partial charge < -0.3 is 20.3 Å². The van der Waals surface area contributed by atoms with E-state index in [-0.39, 0.29) is 27.0 Å². The number of amides is 1. The normalized spacial score (nSPS) is 11.0. The van der Waals surface area contributed by atoms with Crippen LogP contribution in [0.25, 0.3) is 0 Å². The molecule has 0 spiro atoms. The number of carbonyl (C=O) groups excluding carboxylic acids is 1. The number of phenolic OH excluding ortho intramolecular Hbond substituents is 1. The number of aryl methyl sites for hydroxylation is 2. The van der Waals surface area contributed by atoms with Gasteiger partial charge in [-0.2, -0.15) is 0 Å². The molecule has 9 heteroatoms. The van der Waals surface area contributed by atoms with Gasteiger partial charge in [0.1, 0.15) is 22.1 Å². The minimum Gasteiger partial charge on any atom is -0.508 e. The van der Waals surface area contributed by atoms with Crippen molar-refractivity contribution in [2.75, 3.05) is 5.32 Å². The van der Waals surface area contributed by atoms with Crippen molar-refractivity contribution < 1.29 is 33.0 Å². The standard InChI is InChI=1S/C22H19NO7S/c1-13-10-15(23-21(25)22(26)27)11-14(2)20(13)30-18-9-8-16(24)12-19(18)31(28,29)17-6-4-3-5-7-17/h3-12,24H,1-2H3,(H,23,25)(H,26,27). The number of anilines is 1. The Morgan fingerprint density at radius 1 is 0.935 bits per heavy atom. The molecule has 31 heavy (non-hydrogen) atoms. The minimum absolute atomic E-state index is 0.00942. The lowest BCUT2D eigenvalue weighted by atomic mass is 10.1. The molecule has 3 aromatic carbocycles. The van der Waals surface area contributed by atoms with Crippen LogP contribution in [0, 0.1) is 13.8 Å². The second-order valence-corrected chi connectivity index (χ2v) is 8.67. The zero-order valence-corrected chi connectivity index (χ0v) is 17.4. The molecule has 3 aromatic rings. The number of benzene rings is 3. The van der Waals surface area contributed by atoms with E-state index in [0.717, 1.165) is 6.07 Å². The highest BCUT2D eigenvalue weighted by atomic mass is 32.2. The number of carbonyl (C=O) groups is 2. The van der Waals surface area contributed by atoms with Crippen LogP contribution in [0.15, 0.2) is 70.5 Å². The number of nitrogens with one attached hydrogen (secondary N) is 1. The quantitative estimate of drug-likeness (QED) is 0.515. The van der Waals surface area contributed by atoms with E-state index in [4.69, 9.17) is 9.84 Å². The Labute approximate surface area is 178 Å². The summed E-state index contributed by atoms with van der Waals surface area (Å²) in [7, 11) is -3.98. The van der Waals surface area contributed by atoms with E-state index in [1.807, 2.05) is 0 Å². The fourth-order valence-corrected chi connectivity index (χ4v) is 4.42. The van der Waals surface area contributed by atoms with Crippen molar-refractivity contribution in [1.29, 1.82) is 0 Å². The highest BCUT2D eigenvalue weighted by Gasteiger charge is 2.24. The predicted molar refractivity (Wildman–Crippen MR) is 112 cm³/mol. The van der Waals surface area contributed by atoms with Crippen LogP contribution in [0.3, 0.4) is 0 Å². The lowest BCUT2D eigenvalue weighted by Crippen LogP contribution is -2.21. The third kappa shape index (κ3) is 4.67. The van der Waals surface area contributed by atoms with Crippen molar-refractivity contribution in [1.82, 2.24) is 0 Å². The number of ether oxygens (including phenoxy) is 1. The van der Waals surface area contributed by atoms with Gasteiger partial charge in [0, 0.05) is 11.8 Å². The van der Waals surface area contributed by atoms with E-state index in [1.165, 1.54) is 36.4 Å². The highest BCUT2D eigenvalue weighted by Crippen LogP contribution is 2.38. The van der Waals surface area contributed by atoms with Gasteiger partial charge in [-0.05, 0) is 61.4 Å². The van der Waals surface area contributed by atoms with Gasteiger partial charge in [0.25, 0.3) is 0 Å². The molecule has 0 bridgehead atoms. The zero-order valence-electron chi connectivity index (χ0n) is 16.6. The van der Waals surface area contributed by atoms with Gasteiger partial charge in [0.05, 0.1) is 4.90 Å². The molecule has 3 rings (SSSR count). The van der Waals surface area contributed by atoms with Gasteiger partial charge in [-0.15, -0.1) is 0 Å². The largest absolute Gasteiger partial charge is 0.508 e. The number of carboxylic acids is 1. The van der Waals surface area contributed by atoms with E-state index in [1.54, 1.807) is 32.0 Å². The Balaban J connectivity index is 2.03. The van der Waals surface area contributed by atoms with Crippen LogP contribution in [0.2, 0.25) is 0 Å². The summed E-state index contributed by atoms with van der Waals surface area (Å²) >= 11 is 0. The fourth-order valence-electron chi connectivity index (χ4n) is 3.00. The molecule has 0 atom stereocenters. The van der Waals surface area contributed by atoms with E-state index in [0.29, 0.717) is 16.9 Å². The number of sulfone groups is 1. The molecular weight excluding hydrogens is 422 g/mol. The predicted octanol–water partition coefficient (Wildman–Crippen LogP) is 3.66. The molecule has 8 nitrogen and oxygen atoms in total. The van der Waals surface area contributed by atoms with Gasteiger partial charge in [-0.1, -0.05) is 18.2 Å².